The van der Waals surface area contributed by atoms with Gasteiger partial charge in [-0.05, 0) is 49.8 Å². The van der Waals surface area contributed by atoms with Crippen molar-refractivity contribution in [1.82, 2.24) is 19.7 Å². The van der Waals surface area contributed by atoms with E-state index >= 15 is 0 Å². The number of rotatable bonds is 7. The first-order valence-electron chi connectivity index (χ1n) is 15.0. The van der Waals surface area contributed by atoms with Crippen LogP contribution in [0.15, 0.2) is 30.5 Å². The second kappa shape index (κ2) is 12.0. The van der Waals surface area contributed by atoms with Crippen LogP contribution >= 0.6 is 0 Å². The van der Waals surface area contributed by atoms with Gasteiger partial charge in [0.05, 0.1) is 43.2 Å². The Kier molecular flexibility index (Phi) is 8.09. The second-order valence-corrected chi connectivity index (χ2v) is 12.4. The Balaban J connectivity index is 0.924. The number of nitrogen functional groups attached to an aromatic ring is 1. The van der Waals surface area contributed by atoms with E-state index in [9.17, 15) is 18.4 Å². The molecule has 2 amide bonds. The molecule has 3 saturated heterocycles. The first-order valence-corrected chi connectivity index (χ1v) is 15.0. The smallest absolute Gasteiger partial charge is 0.410 e. The molecule has 0 atom stereocenters. The molecule has 4 aliphatic rings. The van der Waals surface area contributed by atoms with E-state index in [1.165, 1.54) is 0 Å². The number of carbonyl (C=O) groups is 2. The molecule has 1 aromatic carbocycles. The molecule has 0 unspecified atom stereocenters. The van der Waals surface area contributed by atoms with E-state index in [-0.39, 0.29) is 41.7 Å². The van der Waals surface area contributed by atoms with Crippen molar-refractivity contribution in [3.8, 4) is 11.9 Å². The van der Waals surface area contributed by atoms with Crippen molar-refractivity contribution in [2.24, 2.45) is 11.8 Å². The fourth-order valence-electron chi connectivity index (χ4n) is 6.74. The third kappa shape index (κ3) is 6.37. The molecule has 1 saturated carbocycles. The lowest BCUT2D eigenvalue weighted by atomic mass is 9.80. The Labute approximate surface area is 249 Å². The average Bonchev–Trinajstić information content (AvgIpc) is 3.28. The molecule has 4 heterocycles. The van der Waals surface area contributed by atoms with Crippen molar-refractivity contribution in [1.29, 1.82) is 5.26 Å². The van der Waals surface area contributed by atoms with Crippen molar-refractivity contribution >= 4 is 17.7 Å². The number of pyridine rings is 1. The molecule has 2 aromatic rings. The maximum Gasteiger partial charge on any atom is 0.410 e. The van der Waals surface area contributed by atoms with Gasteiger partial charge in [-0.3, -0.25) is 9.69 Å². The minimum absolute atomic E-state index is 0.00109. The van der Waals surface area contributed by atoms with Gasteiger partial charge in [0.2, 0.25) is 11.8 Å². The molecular formula is C31H36F2N6O4. The van der Waals surface area contributed by atoms with E-state index in [0.717, 1.165) is 37.8 Å². The third-order valence-electron chi connectivity index (χ3n) is 9.34. The first-order chi connectivity index (χ1) is 20.7. The summed E-state index contributed by atoms with van der Waals surface area (Å²) in [5.41, 5.74) is 5.56. The lowest BCUT2D eigenvalue weighted by Crippen LogP contribution is -2.58. The van der Waals surface area contributed by atoms with Crippen LogP contribution in [0.1, 0.15) is 49.7 Å². The van der Waals surface area contributed by atoms with Crippen LogP contribution < -0.4 is 10.5 Å². The summed E-state index contributed by atoms with van der Waals surface area (Å²) in [7, 11) is 0. The number of carbonyl (C=O) groups excluding carboxylic acids is 2. The number of nitriles is 1. The largest absolute Gasteiger partial charge is 0.471 e. The van der Waals surface area contributed by atoms with E-state index in [0.29, 0.717) is 69.6 Å². The molecule has 0 radical (unpaired) electrons. The van der Waals surface area contributed by atoms with Gasteiger partial charge in [-0.15, -0.1) is 0 Å². The van der Waals surface area contributed by atoms with Gasteiger partial charge in [-0.1, -0.05) is 0 Å². The highest BCUT2D eigenvalue weighted by atomic mass is 19.1. The van der Waals surface area contributed by atoms with Gasteiger partial charge < -0.3 is 25.0 Å². The summed E-state index contributed by atoms with van der Waals surface area (Å²) in [6, 6.07) is 7.34. The summed E-state index contributed by atoms with van der Waals surface area (Å²) in [5, 5.41) is 8.92. The van der Waals surface area contributed by atoms with Crippen molar-refractivity contribution in [3.05, 3.63) is 53.2 Å². The number of amides is 2. The van der Waals surface area contributed by atoms with E-state index < -0.39 is 17.2 Å². The molecule has 12 heteroatoms. The third-order valence-corrected chi connectivity index (χ3v) is 9.34. The second-order valence-electron chi connectivity index (χ2n) is 12.4. The number of nitrogens with zero attached hydrogens (tertiary/aromatic N) is 5. The zero-order chi connectivity index (χ0) is 30.1. The maximum absolute atomic E-state index is 14.4. The number of piperidine rings is 1. The van der Waals surface area contributed by atoms with Crippen LogP contribution in [0.5, 0.6) is 5.88 Å². The summed E-state index contributed by atoms with van der Waals surface area (Å²) in [6.07, 6.45) is 5.72. The van der Waals surface area contributed by atoms with E-state index in [1.807, 2.05) is 9.80 Å². The normalized spacial score (nSPS) is 24.0. The molecule has 3 aliphatic heterocycles. The average molecular weight is 595 g/mol. The summed E-state index contributed by atoms with van der Waals surface area (Å²) in [5.74, 6) is -0.440. The monoisotopic (exact) mass is 594 g/mol. The molecule has 1 aliphatic carbocycles. The van der Waals surface area contributed by atoms with Gasteiger partial charge in [-0.25, -0.2) is 18.6 Å². The number of hydrogen-bond acceptors (Lipinski definition) is 8. The Morgan fingerprint density at radius 2 is 1.84 bits per heavy atom. The standard InChI is InChI=1S/C31H36F2N6O4/c32-26-11-21(13-34)12-27(33)25(26)18-37-9-7-31(8-10-37)19-39(30(41)43-31)15-20-1-3-22(4-2-20)29(40)38-16-24(17-38)42-28-6-5-23(35)14-36-28/h5-6,11-12,14,20,22,24H,1-4,7-10,15-19,35H2/t20-,22-. The summed E-state index contributed by atoms with van der Waals surface area (Å²) in [6.45, 7) is 3.43. The number of nitrogens with two attached hydrogens (primary N) is 1. The van der Waals surface area contributed by atoms with Crippen LogP contribution in [0, 0.1) is 34.8 Å². The zero-order valence-corrected chi connectivity index (χ0v) is 24.0. The number of halogens is 2. The highest BCUT2D eigenvalue weighted by molar-refractivity contribution is 5.79. The van der Waals surface area contributed by atoms with Crippen LogP contribution in [0.4, 0.5) is 19.3 Å². The molecule has 43 heavy (non-hydrogen) atoms. The van der Waals surface area contributed by atoms with Gasteiger partial charge in [0.15, 0.2) is 0 Å². The molecule has 2 N–H and O–H groups in total. The molecule has 6 rings (SSSR count). The maximum atomic E-state index is 14.4. The van der Waals surface area contributed by atoms with Gasteiger partial charge in [0.1, 0.15) is 23.3 Å². The lowest BCUT2D eigenvalue weighted by molar-refractivity contribution is -0.146. The highest BCUT2D eigenvalue weighted by Crippen LogP contribution is 2.37. The van der Waals surface area contributed by atoms with Gasteiger partial charge >= 0.3 is 6.09 Å². The summed E-state index contributed by atoms with van der Waals surface area (Å²) < 4.78 is 40.5. The number of hydrogen-bond donors (Lipinski definition) is 1. The van der Waals surface area contributed by atoms with E-state index in [4.69, 9.17) is 20.5 Å². The van der Waals surface area contributed by atoms with E-state index in [1.54, 1.807) is 29.3 Å². The lowest BCUT2D eigenvalue weighted by Gasteiger charge is -2.41. The Morgan fingerprint density at radius 1 is 1.14 bits per heavy atom. The van der Waals surface area contributed by atoms with Gasteiger partial charge in [-0.2, -0.15) is 5.26 Å². The molecule has 0 bridgehead atoms. The molecule has 4 fully saturated rings. The molecule has 1 spiro atoms. The molecule has 1 aromatic heterocycles. The van der Waals surface area contributed by atoms with Crippen molar-refractivity contribution in [2.45, 2.75) is 56.8 Å². The fourth-order valence-corrected chi connectivity index (χ4v) is 6.74. The number of likely N-dealkylation sites (tertiary alicyclic amines) is 2. The number of ether oxygens (including phenoxy) is 2. The van der Waals surface area contributed by atoms with Crippen LogP contribution in [0.2, 0.25) is 0 Å². The van der Waals surface area contributed by atoms with Crippen molar-refractivity contribution in [2.75, 3.05) is 45.0 Å². The summed E-state index contributed by atoms with van der Waals surface area (Å²) >= 11 is 0. The number of anilines is 1. The minimum atomic E-state index is -0.721. The van der Waals surface area contributed by atoms with Crippen molar-refractivity contribution in [3.63, 3.8) is 0 Å². The summed E-state index contributed by atoms with van der Waals surface area (Å²) in [4.78, 5) is 35.6. The van der Waals surface area contributed by atoms with Gasteiger partial charge in [0.25, 0.3) is 0 Å². The Bertz CT molecular complexity index is 1370. The molecule has 10 nitrogen and oxygen atoms in total. The molecule has 228 valence electrons. The number of aromatic nitrogens is 1. The van der Waals surface area contributed by atoms with Crippen LogP contribution in [0.3, 0.4) is 0 Å². The van der Waals surface area contributed by atoms with Crippen LogP contribution in [0.25, 0.3) is 0 Å². The Morgan fingerprint density at radius 3 is 2.47 bits per heavy atom. The van der Waals surface area contributed by atoms with Crippen molar-refractivity contribution < 1.29 is 27.8 Å². The number of benzene rings is 1. The van der Waals surface area contributed by atoms with Crippen LogP contribution in [-0.4, -0.2) is 82.7 Å². The SMILES string of the molecule is N#Cc1cc(F)c(CN2CCC3(CC2)CN(C[C@H]2CC[C@H](C(=O)N4CC(Oc5ccc(N)cn5)C4)CC2)C(=O)O3)c(F)c1. The van der Waals surface area contributed by atoms with Gasteiger partial charge in [0, 0.05) is 56.6 Å². The zero-order valence-electron chi connectivity index (χ0n) is 24.0. The van der Waals surface area contributed by atoms with E-state index in [2.05, 4.69) is 4.98 Å². The predicted octanol–water partition coefficient (Wildman–Crippen LogP) is 3.70. The Hall–Kier alpha value is -3.98. The molecular weight excluding hydrogens is 558 g/mol. The first kappa shape index (κ1) is 29.1. The van der Waals surface area contributed by atoms with Crippen LogP contribution in [-0.2, 0) is 16.1 Å². The fraction of sp³-hybridized carbons (Fsp3) is 0.548. The minimum Gasteiger partial charge on any atom is -0.471 e. The quantitative estimate of drug-likeness (QED) is 0.515. The highest BCUT2D eigenvalue weighted by Gasteiger charge is 2.47. The predicted molar refractivity (Wildman–Crippen MR) is 151 cm³/mol. The topological polar surface area (TPSA) is 125 Å².